The van der Waals surface area contributed by atoms with Gasteiger partial charge in [-0.15, -0.1) is 0 Å². The summed E-state index contributed by atoms with van der Waals surface area (Å²) in [7, 11) is 0. The van der Waals surface area contributed by atoms with Crippen molar-refractivity contribution in [1.29, 1.82) is 0 Å². The molecule has 0 aliphatic carbocycles. The number of benzene rings is 1. The van der Waals surface area contributed by atoms with Gasteiger partial charge >= 0.3 is 0 Å². The Morgan fingerprint density at radius 1 is 1.48 bits per heavy atom. The highest BCUT2D eigenvalue weighted by molar-refractivity contribution is 5.86. The third-order valence-corrected chi connectivity index (χ3v) is 5.02. The standard InChI is InChI=1S/C19H31N3O/c1-6-7-8-16(18(23)21-20)22-17-11-13(2)9-10-15(17)14(3)12-19(22,4)5/h9-11,14,16H,6-8,12,20H2,1-5H3,(H,21,23)/t14-,16+/m0/s1. The molecule has 1 aliphatic rings. The van der Waals surface area contributed by atoms with Gasteiger partial charge in [0.15, 0.2) is 0 Å². The monoisotopic (exact) mass is 317 g/mol. The molecule has 0 radical (unpaired) electrons. The van der Waals surface area contributed by atoms with Gasteiger partial charge in [0.05, 0.1) is 0 Å². The Kier molecular flexibility index (Phi) is 5.35. The summed E-state index contributed by atoms with van der Waals surface area (Å²) in [6, 6.07) is 6.38. The summed E-state index contributed by atoms with van der Waals surface area (Å²) in [5, 5.41) is 0. The van der Waals surface area contributed by atoms with Crippen LogP contribution < -0.4 is 16.2 Å². The number of fused-ring (bicyclic) bond motifs is 1. The maximum Gasteiger partial charge on any atom is 0.256 e. The third-order valence-electron chi connectivity index (χ3n) is 5.02. The summed E-state index contributed by atoms with van der Waals surface area (Å²) in [4.78, 5) is 14.8. The first-order chi connectivity index (χ1) is 10.8. The number of aryl methyl sites for hydroxylation is 1. The van der Waals surface area contributed by atoms with Gasteiger partial charge in [-0.3, -0.25) is 10.2 Å². The summed E-state index contributed by atoms with van der Waals surface area (Å²) >= 11 is 0. The molecule has 0 fully saturated rings. The fourth-order valence-electron chi connectivity index (χ4n) is 4.02. The van der Waals surface area contributed by atoms with Gasteiger partial charge in [-0.2, -0.15) is 0 Å². The number of nitrogens with zero attached hydrogens (tertiary/aromatic N) is 1. The lowest BCUT2D eigenvalue weighted by Crippen LogP contribution is -2.59. The third kappa shape index (κ3) is 3.52. The fraction of sp³-hybridized carbons (Fsp3) is 0.632. The van der Waals surface area contributed by atoms with Gasteiger partial charge in [-0.05, 0) is 56.7 Å². The van der Waals surface area contributed by atoms with Gasteiger partial charge in [-0.1, -0.05) is 38.8 Å². The zero-order chi connectivity index (χ0) is 17.2. The second kappa shape index (κ2) is 6.91. The van der Waals surface area contributed by atoms with Crippen molar-refractivity contribution in [2.24, 2.45) is 5.84 Å². The predicted octanol–water partition coefficient (Wildman–Crippen LogP) is 3.64. The van der Waals surface area contributed by atoms with Crippen LogP contribution in [0, 0.1) is 6.92 Å². The Bertz CT molecular complexity index is 568. The number of nitrogens with one attached hydrogen (secondary N) is 1. The number of nitrogens with two attached hydrogens (primary N) is 1. The lowest BCUT2D eigenvalue weighted by atomic mass is 9.78. The molecule has 4 nitrogen and oxygen atoms in total. The van der Waals surface area contributed by atoms with Crippen LogP contribution in [0.1, 0.15) is 70.4 Å². The molecular weight excluding hydrogens is 286 g/mol. The Morgan fingerprint density at radius 2 is 2.17 bits per heavy atom. The quantitative estimate of drug-likeness (QED) is 0.495. The molecule has 0 spiro atoms. The minimum absolute atomic E-state index is 0.0782. The molecule has 23 heavy (non-hydrogen) atoms. The molecule has 0 saturated heterocycles. The van der Waals surface area contributed by atoms with Gasteiger partial charge in [0, 0.05) is 11.2 Å². The number of hydrogen-bond donors (Lipinski definition) is 2. The van der Waals surface area contributed by atoms with Crippen LogP contribution in [0.25, 0.3) is 0 Å². The van der Waals surface area contributed by atoms with Gasteiger partial charge in [0.2, 0.25) is 0 Å². The maximum absolute atomic E-state index is 12.5. The zero-order valence-electron chi connectivity index (χ0n) is 15.1. The van der Waals surface area contributed by atoms with Crippen LogP contribution in [-0.2, 0) is 4.79 Å². The number of anilines is 1. The van der Waals surface area contributed by atoms with Crippen molar-refractivity contribution in [2.75, 3.05) is 4.90 Å². The van der Waals surface area contributed by atoms with Crippen molar-refractivity contribution < 1.29 is 4.79 Å². The molecule has 0 saturated carbocycles. The number of amides is 1. The van der Waals surface area contributed by atoms with Gasteiger partial charge in [0.25, 0.3) is 5.91 Å². The van der Waals surface area contributed by atoms with Crippen LogP contribution in [0.15, 0.2) is 18.2 Å². The van der Waals surface area contributed by atoms with Crippen LogP contribution in [0.5, 0.6) is 0 Å². The van der Waals surface area contributed by atoms with E-state index >= 15 is 0 Å². The summed E-state index contributed by atoms with van der Waals surface area (Å²) in [5.41, 5.74) is 6.06. The Labute approximate surface area is 140 Å². The lowest BCUT2D eigenvalue weighted by Gasteiger charge is -2.50. The van der Waals surface area contributed by atoms with E-state index in [2.05, 4.69) is 63.1 Å². The van der Waals surface area contributed by atoms with Crippen LogP contribution in [0.3, 0.4) is 0 Å². The van der Waals surface area contributed by atoms with E-state index in [0.717, 1.165) is 25.7 Å². The second-order valence-electron chi connectivity index (χ2n) is 7.52. The molecule has 1 aromatic carbocycles. The van der Waals surface area contributed by atoms with Crippen molar-refractivity contribution in [3.05, 3.63) is 29.3 Å². The second-order valence-corrected chi connectivity index (χ2v) is 7.52. The number of unbranched alkanes of at least 4 members (excludes halogenated alkanes) is 1. The first-order valence-electron chi connectivity index (χ1n) is 8.72. The average molecular weight is 317 g/mol. The van der Waals surface area contributed by atoms with E-state index in [-0.39, 0.29) is 17.5 Å². The van der Waals surface area contributed by atoms with Gasteiger partial charge < -0.3 is 4.90 Å². The average Bonchev–Trinajstić information content (AvgIpc) is 2.48. The number of rotatable bonds is 5. The topological polar surface area (TPSA) is 58.4 Å². The van der Waals surface area contributed by atoms with E-state index in [1.165, 1.54) is 16.8 Å². The lowest BCUT2D eigenvalue weighted by molar-refractivity contribution is -0.123. The largest absolute Gasteiger partial charge is 0.354 e. The molecule has 1 aromatic rings. The van der Waals surface area contributed by atoms with E-state index in [9.17, 15) is 4.79 Å². The predicted molar refractivity (Wildman–Crippen MR) is 96.4 cm³/mol. The Morgan fingerprint density at radius 3 is 2.78 bits per heavy atom. The molecule has 2 rings (SSSR count). The summed E-state index contributed by atoms with van der Waals surface area (Å²) in [6.45, 7) is 11.0. The smallest absolute Gasteiger partial charge is 0.256 e. The van der Waals surface area contributed by atoms with E-state index < -0.39 is 0 Å². The van der Waals surface area contributed by atoms with Crippen molar-refractivity contribution in [1.82, 2.24) is 5.43 Å². The molecule has 0 unspecified atom stereocenters. The van der Waals surface area contributed by atoms with E-state index in [4.69, 9.17) is 5.84 Å². The molecule has 0 bridgehead atoms. The molecule has 1 amide bonds. The Hall–Kier alpha value is -1.55. The number of carbonyl (C=O) groups is 1. The normalized spacial score (nSPS) is 20.8. The van der Waals surface area contributed by atoms with Crippen molar-refractivity contribution in [2.45, 2.75) is 77.8 Å². The summed E-state index contributed by atoms with van der Waals surface area (Å²) in [5.74, 6) is 5.89. The first kappa shape index (κ1) is 17.8. The molecular formula is C19H31N3O. The molecule has 4 heteroatoms. The van der Waals surface area contributed by atoms with Gasteiger partial charge in [-0.25, -0.2) is 5.84 Å². The van der Waals surface area contributed by atoms with Crippen LogP contribution >= 0.6 is 0 Å². The molecule has 0 aromatic heterocycles. The minimum atomic E-state index is -0.219. The van der Waals surface area contributed by atoms with Crippen molar-refractivity contribution in [3.8, 4) is 0 Å². The summed E-state index contributed by atoms with van der Waals surface area (Å²) in [6.07, 6.45) is 3.94. The number of carbonyl (C=O) groups excluding carboxylic acids is 1. The summed E-state index contributed by atoms with van der Waals surface area (Å²) < 4.78 is 0. The minimum Gasteiger partial charge on any atom is -0.354 e. The molecule has 1 aliphatic heterocycles. The number of hydrazine groups is 1. The van der Waals surface area contributed by atoms with Crippen LogP contribution in [-0.4, -0.2) is 17.5 Å². The molecule has 3 N–H and O–H groups in total. The molecule has 1 heterocycles. The first-order valence-corrected chi connectivity index (χ1v) is 8.72. The van der Waals surface area contributed by atoms with Crippen molar-refractivity contribution in [3.63, 3.8) is 0 Å². The molecule has 128 valence electrons. The molecule has 2 atom stereocenters. The SMILES string of the molecule is CCCC[C@H](C(=O)NN)N1c2cc(C)ccc2[C@@H](C)CC1(C)C. The number of hydrogen-bond acceptors (Lipinski definition) is 3. The van der Waals surface area contributed by atoms with Crippen molar-refractivity contribution >= 4 is 11.6 Å². The maximum atomic E-state index is 12.5. The van der Waals surface area contributed by atoms with Crippen LogP contribution in [0.4, 0.5) is 5.69 Å². The Balaban J connectivity index is 2.53. The van der Waals surface area contributed by atoms with Crippen LogP contribution in [0.2, 0.25) is 0 Å². The highest BCUT2D eigenvalue weighted by Crippen LogP contribution is 2.45. The van der Waals surface area contributed by atoms with E-state index in [1.54, 1.807) is 0 Å². The zero-order valence-corrected chi connectivity index (χ0v) is 15.1. The van der Waals surface area contributed by atoms with E-state index in [0.29, 0.717) is 5.92 Å². The van der Waals surface area contributed by atoms with E-state index in [1.807, 2.05) is 0 Å². The fourth-order valence-corrected chi connectivity index (χ4v) is 4.02. The van der Waals surface area contributed by atoms with Gasteiger partial charge in [0.1, 0.15) is 6.04 Å². The highest BCUT2D eigenvalue weighted by atomic mass is 16.2. The highest BCUT2D eigenvalue weighted by Gasteiger charge is 2.42.